The van der Waals surface area contributed by atoms with Crippen LogP contribution in [0.2, 0.25) is 0 Å². The predicted octanol–water partition coefficient (Wildman–Crippen LogP) is 5.23. The molecule has 0 radical (unpaired) electrons. The normalized spacial score (nSPS) is 32.1. The van der Waals surface area contributed by atoms with Gasteiger partial charge in [-0.25, -0.2) is 0 Å². The zero-order valence-corrected chi connectivity index (χ0v) is 13.8. The number of hydrogen-bond donors (Lipinski definition) is 1. The smallest absolute Gasteiger partial charge is 0.0924 e. The minimum Gasteiger partial charge on any atom is -0.385 e. The SMILES string of the molecule is CCC(C)c1ccc(C(O)(CC)C2CC3CCC2C3)cc1. The Morgan fingerprint density at radius 3 is 2.33 bits per heavy atom. The summed E-state index contributed by atoms with van der Waals surface area (Å²) < 4.78 is 0. The van der Waals surface area contributed by atoms with Crippen LogP contribution >= 0.6 is 0 Å². The van der Waals surface area contributed by atoms with Crippen LogP contribution in [0.25, 0.3) is 0 Å². The van der Waals surface area contributed by atoms with Gasteiger partial charge in [0.25, 0.3) is 0 Å². The summed E-state index contributed by atoms with van der Waals surface area (Å²) in [6, 6.07) is 8.85. The maximum absolute atomic E-state index is 11.4. The van der Waals surface area contributed by atoms with Crippen LogP contribution in [0.5, 0.6) is 0 Å². The van der Waals surface area contributed by atoms with Crippen molar-refractivity contribution in [2.24, 2.45) is 17.8 Å². The third kappa shape index (κ3) is 2.54. The van der Waals surface area contributed by atoms with Crippen molar-refractivity contribution in [3.63, 3.8) is 0 Å². The molecular weight excluding hydrogens is 256 g/mol. The second kappa shape index (κ2) is 5.76. The minimum atomic E-state index is -0.603. The maximum atomic E-state index is 11.4. The van der Waals surface area contributed by atoms with Crippen LogP contribution in [-0.2, 0) is 5.60 Å². The Bertz CT molecular complexity index is 477. The van der Waals surface area contributed by atoms with Crippen molar-refractivity contribution in [1.29, 1.82) is 0 Å². The highest BCUT2D eigenvalue weighted by atomic mass is 16.3. The van der Waals surface area contributed by atoms with Gasteiger partial charge in [-0.3, -0.25) is 0 Å². The average molecular weight is 286 g/mol. The Kier molecular flexibility index (Phi) is 4.14. The van der Waals surface area contributed by atoms with Gasteiger partial charge in [-0.15, -0.1) is 0 Å². The molecule has 1 N–H and O–H groups in total. The molecule has 5 atom stereocenters. The van der Waals surface area contributed by atoms with E-state index < -0.39 is 5.60 Å². The Morgan fingerprint density at radius 2 is 1.86 bits per heavy atom. The predicted molar refractivity (Wildman–Crippen MR) is 88.3 cm³/mol. The fourth-order valence-corrected chi connectivity index (χ4v) is 4.85. The number of benzene rings is 1. The molecule has 1 heteroatoms. The van der Waals surface area contributed by atoms with Gasteiger partial charge in [0.1, 0.15) is 0 Å². The molecule has 21 heavy (non-hydrogen) atoms. The van der Waals surface area contributed by atoms with E-state index in [1.54, 1.807) is 0 Å². The molecule has 0 aliphatic heterocycles. The van der Waals surface area contributed by atoms with Crippen molar-refractivity contribution in [3.8, 4) is 0 Å². The zero-order valence-electron chi connectivity index (χ0n) is 13.8. The van der Waals surface area contributed by atoms with Gasteiger partial charge in [0.2, 0.25) is 0 Å². The van der Waals surface area contributed by atoms with E-state index in [1.165, 1.54) is 37.7 Å². The second-order valence-corrected chi connectivity index (χ2v) is 7.49. The summed E-state index contributed by atoms with van der Waals surface area (Å²) in [6.07, 6.45) is 7.34. The molecule has 0 spiro atoms. The number of rotatable bonds is 5. The zero-order chi connectivity index (χ0) is 15.0. The molecule has 2 bridgehead atoms. The first-order valence-electron chi connectivity index (χ1n) is 8.91. The lowest BCUT2D eigenvalue weighted by Crippen LogP contribution is -2.37. The van der Waals surface area contributed by atoms with E-state index in [2.05, 4.69) is 45.0 Å². The van der Waals surface area contributed by atoms with Crippen molar-refractivity contribution in [2.75, 3.05) is 0 Å². The highest BCUT2D eigenvalue weighted by Gasteiger charge is 2.49. The molecule has 0 aromatic heterocycles. The number of hydrogen-bond acceptors (Lipinski definition) is 1. The first-order chi connectivity index (χ1) is 10.1. The van der Waals surface area contributed by atoms with Crippen molar-refractivity contribution in [1.82, 2.24) is 0 Å². The monoisotopic (exact) mass is 286 g/mol. The molecule has 1 aromatic rings. The molecule has 0 amide bonds. The van der Waals surface area contributed by atoms with E-state index in [9.17, 15) is 5.11 Å². The summed E-state index contributed by atoms with van der Waals surface area (Å²) in [5, 5.41) is 11.4. The molecular formula is C20H30O. The number of fused-ring (bicyclic) bond motifs is 2. The Hall–Kier alpha value is -0.820. The van der Waals surface area contributed by atoms with Gasteiger partial charge in [0.15, 0.2) is 0 Å². The van der Waals surface area contributed by atoms with Crippen molar-refractivity contribution < 1.29 is 5.11 Å². The van der Waals surface area contributed by atoms with Crippen LogP contribution in [0, 0.1) is 17.8 Å². The van der Waals surface area contributed by atoms with Crippen LogP contribution in [0.1, 0.15) is 76.3 Å². The van der Waals surface area contributed by atoms with E-state index in [1.807, 2.05) is 0 Å². The van der Waals surface area contributed by atoms with Crippen molar-refractivity contribution >= 4 is 0 Å². The van der Waals surface area contributed by atoms with Gasteiger partial charge in [0.05, 0.1) is 5.60 Å². The standard InChI is InChI=1S/C20H30O/c1-4-14(3)16-8-10-18(11-9-16)20(21,5-2)19-13-15-6-7-17(19)12-15/h8-11,14-15,17,19,21H,4-7,12-13H2,1-3H3. The topological polar surface area (TPSA) is 20.2 Å². The van der Waals surface area contributed by atoms with Gasteiger partial charge < -0.3 is 5.11 Å². The molecule has 2 saturated carbocycles. The second-order valence-electron chi connectivity index (χ2n) is 7.49. The first-order valence-corrected chi connectivity index (χ1v) is 8.91. The summed E-state index contributed by atoms with van der Waals surface area (Å²) in [7, 11) is 0. The summed E-state index contributed by atoms with van der Waals surface area (Å²) in [5.74, 6) is 2.73. The average Bonchev–Trinajstić information content (AvgIpc) is 3.16. The molecule has 3 rings (SSSR count). The van der Waals surface area contributed by atoms with E-state index in [0.29, 0.717) is 11.8 Å². The molecule has 0 saturated heterocycles. The van der Waals surface area contributed by atoms with Gasteiger partial charge in [0, 0.05) is 0 Å². The molecule has 0 heterocycles. The van der Waals surface area contributed by atoms with Crippen LogP contribution in [-0.4, -0.2) is 5.11 Å². The molecule has 1 nitrogen and oxygen atoms in total. The fraction of sp³-hybridized carbons (Fsp3) is 0.700. The van der Waals surface area contributed by atoms with Crippen LogP contribution < -0.4 is 0 Å². The molecule has 2 fully saturated rings. The van der Waals surface area contributed by atoms with E-state index in [-0.39, 0.29) is 0 Å². The van der Waals surface area contributed by atoms with E-state index in [0.717, 1.165) is 23.8 Å². The third-order valence-corrected chi connectivity index (χ3v) is 6.48. The van der Waals surface area contributed by atoms with Gasteiger partial charge >= 0.3 is 0 Å². The quantitative estimate of drug-likeness (QED) is 0.785. The summed E-state index contributed by atoms with van der Waals surface area (Å²) in [4.78, 5) is 0. The van der Waals surface area contributed by atoms with Gasteiger partial charge in [-0.1, -0.05) is 51.5 Å². The molecule has 1 aromatic carbocycles. The Morgan fingerprint density at radius 1 is 1.14 bits per heavy atom. The van der Waals surface area contributed by atoms with Gasteiger partial charge in [-0.05, 0) is 66.9 Å². The Balaban J connectivity index is 1.85. The van der Waals surface area contributed by atoms with E-state index in [4.69, 9.17) is 0 Å². The molecule has 5 unspecified atom stereocenters. The van der Waals surface area contributed by atoms with Crippen LogP contribution in [0.4, 0.5) is 0 Å². The lowest BCUT2D eigenvalue weighted by atomic mass is 9.71. The summed E-state index contributed by atoms with van der Waals surface area (Å²) >= 11 is 0. The van der Waals surface area contributed by atoms with E-state index >= 15 is 0 Å². The largest absolute Gasteiger partial charge is 0.385 e. The molecule has 116 valence electrons. The lowest BCUT2D eigenvalue weighted by molar-refractivity contribution is -0.0498. The highest BCUT2D eigenvalue weighted by molar-refractivity contribution is 5.30. The van der Waals surface area contributed by atoms with Crippen molar-refractivity contribution in [3.05, 3.63) is 35.4 Å². The maximum Gasteiger partial charge on any atom is 0.0924 e. The molecule has 2 aliphatic carbocycles. The highest BCUT2D eigenvalue weighted by Crippen LogP contribution is 2.55. The fourth-order valence-electron chi connectivity index (χ4n) is 4.85. The summed E-state index contributed by atoms with van der Waals surface area (Å²) in [6.45, 7) is 6.65. The van der Waals surface area contributed by atoms with Crippen LogP contribution in [0.3, 0.4) is 0 Å². The Labute approximate surface area is 129 Å². The molecule has 2 aliphatic rings. The van der Waals surface area contributed by atoms with Crippen LogP contribution in [0.15, 0.2) is 24.3 Å². The van der Waals surface area contributed by atoms with Gasteiger partial charge in [-0.2, -0.15) is 0 Å². The summed E-state index contributed by atoms with van der Waals surface area (Å²) in [5.41, 5.74) is 1.94. The lowest BCUT2D eigenvalue weighted by Gasteiger charge is -2.39. The minimum absolute atomic E-state index is 0.482. The number of aliphatic hydroxyl groups is 1. The first kappa shape index (κ1) is 15.1. The van der Waals surface area contributed by atoms with Crippen molar-refractivity contribution in [2.45, 2.75) is 70.8 Å². The third-order valence-electron chi connectivity index (χ3n) is 6.48.